The molecule has 2 aromatic rings. The van der Waals surface area contributed by atoms with E-state index < -0.39 is 0 Å². The average molecular weight is 282 g/mol. The Morgan fingerprint density at radius 3 is 2.14 bits per heavy atom. The van der Waals surface area contributed by atoms with Gasteiger partial charge in [0.05, 0.1) is 0 Å². The van der Waals surface area contributed by atoms with Crippen LogP contribution in [0.2, 0.25) is 0 Å². The van der Waals surface area contributed by atoms with Gasteiger partial charge in [-0.05, 0) is 37.1 Å². The first kappa shape index (κ1) is 15.7. The number of aromatic nitrogens is 2. The first-order chi connectivity index (χ1) is 9.68. The Balaban J connectivity index is 2.20. The molecule has 0 saturated carbocycles. The highest BCUT2D eigenvalue weighted by molar-refractivity contribution is 5.25. The molecule has 2 heterocycles. The monoisotopic (exact) mass is 282 g/mol. The summed E-state index contributed by atoms with van der Waals surface area (Å²) in [6.07, 6.45) is 2.96. The molecule has 0 radical (unpaired) electrons. The number of hydrogen-bond donors (Lipinski definition) is 0. The fraction of sp³-hybridized carbons (Fsp3) is 0.474. The van der Waals surface area contributed by atoms with E-state index in [2.05, 4.69) is 68.9 Å². The highest BCUT2D eigenvalue weighted by atomic mass is 14.7. The average Bonchev–Trinajstić information content (AvgIpc) is 2.38. The van der Waals surface area contributed by atoms with E-state index in [4.69, 9.17) is 0 Å². The molecule has 0 aliphatic heterocycles. The lowest BCUT2D eigenvalue weighted by Gasteiger charge is -2.25. The SMILES string of the molecule is Cc1cccc(C(C)(C)Cc2ccc(C(C)(C)C)nc2)n1. The zero-order valence-corrected chi connectivity index (χ0v) is 14.1. The molecule has 0 amide bonds. The second kappa shape index (κ2) is 5.59. The van der Waals surface area contributed by atoms with Crippen molar-refractivity contribution in [3.8, 4) is 0 Å². The van der Waals surface area contributed by atoms with E-state index in [9.17, 15) is 0 Å². The number of aryl methyl sites for hydroxylation is 1. The van der Waals surface area contributed by atoms with Gasteiger partial charge in [-0.2, -0.15) is 0 Å². The lowest BCUT2D eigenvalue weighted by molar-refractivity contribution is 0.502. The van der Waals surface area contributed by atoms with Gasteiger partial charge in [-0.25, -0.2) is 0 Å². The molecule has 21 heavy (non-hydrogen) atoms. The predicted molar refractivity (Wildman–Crippen MR) is 88.6 cm³/mol. The number of pyridine rings is 2. The Kier molecular flexibility index (Phi) is 4.18. The van der Waals surface area contributed by atoms with Gasteiger partial charge in [-0.3, -0.25) is 9.97 Å². The highest BCUT2D eigenvalue weighted by Crippen LogP contribution is 2.27. The van der Waals surface area contributed by atoms with E-state index in [1.54, 1.807) is 0 Å². The largest absolute Gasteiger partial charge is 0.260 e. The van der Waals surface area contributed by atoms with Crippen LogP contribution in [0.25, 0.3) is 0 Å². The first-order valence-electron chi connectivity index (χ1n) is 7.58. The molecule has 0 aliphatic carbocycles. The molecule has 0 bridgehead atoms. The van der Waals surface area contributed by atoms with Gasteiger partial charge in [0.2, 0.25) is 0 Å². The van der Waals surface area contributed by atoms with E-state index in [0.717, 1.165) is 23.5 Å². The minimum atomic E-state index is 0.0109. The number of nitrogens with zero attached hydrogens (tertiary/aromatic N) is 2. The fourth-order valence-corrected chi connectivity index (χ4v) is 2.49. The first-order valence-corrected chi connectivity index (χ1v) is 7.58. The summed E-state index contributed by atoms with van der Waals surface area (Å²) in [5.74, 6) is 0. The maximum Gasteiger partial charge on any atom is 0.0466 e. The van der Waals surface area contributed by atoms with Crippen LogP contribution in [0.3, 0.4) is 0 Å². The molecular weight excluding hydrogens is 256 g/mol. The lowest BCUT2D eigenvalue weighted by atomic mass is 9.82. The molecule has 0 N–H and O–H groups in total. The molecule has 2 heteroatoms. The fourth-order valence-electron chi connectivity index (χ4n) is 2.49. The Labute approximate surface area is 128 Å². The summed E-state index contributed by atoms with van der Waals surface area (Å²) in [5, 5.41) is 0. The van der Waals surface area contributed by atoms with Crippen molar-refractivity contribution < 1.29 is 0 Å². The van der Waals surface area contributed by atoms with Crippen LogP contribution in [0.15, 0.2) is 36.5 Å². The Morgan fingerprint density at radius 2 is 1.62 bits per heavy atom. The third-order valence-corrected chi connectivity index (χ3v) is 3.82. The van der Waals surface area contributed by atoms with Crippen molar-refractivity contribution in [2.24, 2.45) is 0 Å². The van der Waals surface area contributed by atoms with Crippen LogP contribution in [0.5, 0.6) is 0 Å². The second-order valence-electron chi connectivity index (χ2n) is 7.53. The zero-order chi connectivity index (χ0) is 15.7. The van der Waals surface area contributed by atoms with Gasteiger partial charge in [0.1, 0.15) is 0 Å². The third-order valence-electron chi connectivity index (χ3n) is 3.82. The van der Waals surface area contributed by atoms with E-state index in [1.807, 2.05) is 19.2 Å². The molecule has 2 aromatic heterocycles. The maximum atomic E-state index is 4.68. The smallest absolute Gasteiger partial charge is 0.0466 e. The molecule has 0 saturated heterocycles. The third kappa shape index (κ3) is 3.90. The van der Waals surface area contributed by atoms with Crippen molar-refractivity contribution in [2.75, 3.05) is 0 Å². The minimum Gasteiger partial charge on any atom is -0.260 e. The molecular formula is C19H26N2. The summed E-state index contributed by atoms with van der Waals surface area (Å²) < 4.78 is 0. The van der Waals surface area contributed by atoms with Crippen molar-refractivity contribution >= 4 is 0 Å². The van der Waals surface area contributed by atoms with Gasteiger partial charge in [-0.15, -0.1) is 0 Å². The molecule has 0 spiro atoms. The number of hydrogen-bond acceptors (Lipinski definition) is 2. The van der Waals surface area contributed by atoms with Crippen LogP contribution in [-0.4, -0.2) is 9.97 Å². The molecule has 2 nitrogen and oxygen atoms in total. The van der Waals surface area contributed by atoms with Gasteiger partial charge in [0.25, 0.3) is 0 Å². The van der Waals surface area contributed by atoms with Crippen LogP contribution < -0.4 is 0 Å². The molecule has 112 valence electrons. The molecule has 0 aromatic carbocycles. The number of rotatable bonds is 3. The van der Waals surface area contributed by atoms with Crippen LogP contribution in [-0.2, 0) is 17.3 Å². The van der Waals surface area contributed by atoms with Gasteiger partial charge >= 0.3 is 0 Å². The zero-order valence-electron chi connectivity index (χ0n) is 14.1. The van der Waals surface area contributed by atoms with Crippen molar-refractivity contribution in [1.29, 1.82) is 0 Å². The summed E-state index contributed by atoms with van der Waals surface area (Å²) in [5.41, 5.74) is 4.72. The molecule has 0 aliphatic rings. The van der Waals surface area contributed by atoms with E-state index >= 15 is 0 Å². The summed E-state index contributed by atoms with van der Waals surface area (Å²) in [4.78, 5) is 9.30. The quantitative estimate of drug-likeness (QED) is 0.822. The maximum absolute atomic E-state index is 4.68. The van der Waals surface area contributed by atoms with Crippen LogP contribution in [0.1, 0.15) is 57.3 Å². The van der Waals surface area contributed by atoms with Crippen molar-refractivity contribution in [3.63, 3.8) is 0 Å². The standard InChI is InChI=1S/C19H26N2/c1-14-8-7-9-17(21-14)19(5,6)12-15-10-11-16(20-13-15)18(2,3)4/h7-11,13H,12H2,1-6H3. The van der Waals surface area contributed by atoms with Crippen molar-refractivity contribution in [3.05, 3.63) is 59.2 Å². The van der Waals surface area contributed by atoms with Gasteiger partial charge in [0, 0.05) is 34.1 Å². The Morgan fingerprint density at radius 1 is 0.905 bits per heavy atom. The van der Waals surface area contributed by atoms with Gasteiger partial charge in [0.15, 0.2) is 0 Å². The molecule has 0 unspecified atom stereocenters. The summed E-state index contributed by atoms with van der Waals surface area (Å²) >= 11 is 0. The van der Waals surface area contributed by atoms with Crippen LogP contribution in [0, 0.1) is 6.92 Å². The molecule has 2 rings (SSSR count). The van der Waals surface area contributed by atoms with Gasteiger partial charge < -0.3 is 0 Å². The van der Waals surface area contributed by atoms with Crippen molar-refractivity contribution in [2.45, 2.75) is 58.8 Å². The predicted octanol–water partition coefficient (Wildman–Crippen LogP) is 4.60. The minimum absolute atomic E-state index is 0.0109. The van der Waals surface area contributed by atoms with E-state index in [-0.39, 0.29) is 10.8 Å². The molecule has 0 atom stereocenters. The van der Waals surface area contributed by atoms with E-state index in [0.29, 0.717) is 0 Å². The highest BCUT2D eigenvalue weighted by Gasteiger charge is 2.23. The second-order valence-corrected chi connectivity index (χ2v) is 7.53. The lowest BCUT2D eigenvalue weighted by Crippen LogP contribution is -2.22. The van der Waals surface area contributed by atoms with Crippen molar-refractivity contribution in [1.82, 2.24) is 9.97 Å². The Bertz CT molecular complexity index is 604. The normalized spacial score (nSPS) is 12.5. The Hall–Kier alpha value is -1.70. The van der Waals surface area contributed by atoms with E-state index in [1.165, 1.54) is 5.56 Å². The summed E-state index contributed by atoms with van der Waals surface area (Å²) in [6, 6.07) is 10.6. The van der Waals surface area contributed by atoms with Crippen LogP contribution in [0.4, 0.5) is 0 Å². The van der Waals surface area contributed by atoms with Gasteiger partial charge in [-0.1, -0.05) is 46.8 Å². The topological polar surface area (TPSA) is 25.8 Å². The summed E-state index contributed by atoms with van der Waals surface area (Å²) in [7, 11) is 0. The molecule has 0 fully saturated rings. The summed E-state index contributed by atoms with van der Waals surface area (Å²) in [6.45, 7) is 13.1. The van der Waals surface area contributed by atoms with Crippen LogP contribution >= 0.6 is 0 Å².